The second-order valence-electron chi connectivity index (χ2n) is 5.92. The van der Waals surface area contributed by atoms with Crippen LogP contribution in [-0.4, -0.2) is 17.6 Å². The monoisotopic (exact) mass is 341 g/mol. The molecule has 0 aliphatic heterocycles. The van der Waals surface area contributed by atoms with Crippen LogP contribution in [0.3, 0.4) is 0 Å². The van der Waals surface area contributed by atoms with E-state index < -0.39 is 0 Å². The van der Waals surface area contributed by atoms with Crippen molar-refractivity contribution in [2.75, 3.05) is 17.2 Å². The summed E-state index contributed by atoms with van der Waals surface area (Å²) >= 11 is 5.24. The molecule has 5 heteroatoms. The molecular formula is C19H23N3OS. The first-order valence-corrected chi connectivity index (χ1v) is 8.26. The fraction of sp³-hybridized carbons (Fsp3) is 0.263. The number of nitrogens with one attached hydrogen (secondary N) is 3. The van der Waals surface area contributed by atoms with Crippen LogP contribution in [0.5, 0.6) is 0 Å². The van der Waals surface area contributed by atoms with Gasteiger partial charge in [0.25, 0.3) is 0 Å². The largest absolute Gasteiger partial charge is 0.353 e. The number of hydrogen-bond donors (Lipinski definition) is 3. The lowest BCUT2D eigenvalue weighted by Gasteiger charge is -2.14. The molecule has 2 aromatic rings. The predicted molar refractivity (Wildman–Crippen MR) is 105 cm³/mol. The Morgan fingerprint density at radius 3 is 2.21 bits per heavy atom. The molecule has 0 saturated heterocycles. The zero-order valence-electron chi connectivity index (χ0n) is 14.5. The molecule has 4 nitrogen and oxygen atoms in total. The van der Waals surface area contributed by atoms with Crippen LogP contribution in [0.15, 0.2) is 36.4 Å². The van der Waals surface area contributed by atoms with Gasteiger partial charge in [0.1, 0.15) is 0 Å². The summed E-state index contributed by atoms with van der Waals surface area (Å²) in [5.74, 6) is -0.128. The molecule has 0 spiro atoms. The molecule has 3 N–H and O–H groups in total. The van der Waals surface area contributed by atoms with E-state index in [0.29, 0.717) is 5.11 Å². The molecule has 0 radical (unpaired) electrons. The third kappa shape index (κ3) is 4.80. The lowest BCUT2D eigenvalue weighted by atomic mass is 10.1. The number of amides is 1. The van der Waals surface area contributed by atoms with Crippen molar-refractivity contribution in [3.05, 3.63) is 58.7 Å². The maximum absolute atomic E-state index is 12.1. The first-order valence-electron chi connectivity index (χ1n) is 7.85. The summed E-state index contributed by atoms with van der Waals surface area (Å²) < 4.78 is 0. The van der Waals surface area contributed by atoms with E-state index in [4.69, 9.17) is 12.2 Å². The number of anilines is 2. The molecule has 1 amide bonds. The van der Waals surface area contributed by atoms with Gasteiger partial charge >= 0.3 is 0 Å². The fourth-order valence-electron chi connectivity index (χ4n) is 2.35. The van der Waals surface area contributed by atoms with Gasteiger partial charge in [-0.2, -0.15) is 0 Å². The van der Waals surface area contributed by atoms with E-state index in [0.717, 1.165) is 22.5 Å². The second-order valence-corrected chi connectivity index (χ2v) is 6.33. The van der Waals surface area contributed by atoms with Gasteiger partial charge in [-0.1, -0.05) is 24.3 Å². The molecule has 2 rings (SSSR count). The molecule has 0 heterocycles. The van der Waals surface area contributed by atoms with Gasteiger partial charge in [0.05, 0.1) is 6.54 Å². The number of para-hydroxylation sites is 1. The van der Waals surface area contributed by atoms with Crippen LogP contribution in [-0.2, 0) is 4.79 Å². The lowest BCUT2D eigenvalue weighted by molar-refractivity contribution is -0.115. The molecule has 0 aliphatic carbocycles. The van der Waals surface area contributed by atoms with Crippen LogP contribution in [0.1, 0.15) is 22.3 Å². The molecule has 24 heavy (non-hydrogen) atoms. The third-order valence-electron chi connectivity index (χ3n) is 3.92. The van der Waals surface area contributed by atoms with Gasteiger partial charge < -0.3 is 16.0 Å². The standard InChI is InChI=1S/C19H23N3OS/c1-12-8-9-16(10-15(12)4)21-19(24)20-11-17(23)22-18-13(2)6-5-7-14(18)3/h5-10H,11H2,1-4H3,(H,22,23)(H2,20,21,24). The van der Waals surface area contributed by atoms with Gasteiger partial charge in [0.2, 0.25) is 5.91 Å². The van der Waals surface area contributed by atoms with Crippen molar-refractivity contribution in [1.29, 1.82) is 0 Å². The highest BCUT2D eigenvalue weighted by Gasteiger charge is 2.08. The zero-order valence-corrected chi connectivity index (χ0v) is 15.3. The van der Waals surface area contributed by atoms with Crippen LogP contribution >= 0.6 is 12.2 Å². The van der Waals surface area contributed by atoms with E-state index >= 15 is 0 Å². The van der Waals surface area contributed by atoms with Crippen LogP contribution in [0.4, 0.5) is 11.4 Å². The number of carbonyl (C=O) groups is 1. The van der Waals surface area contributed by atoms with Gasteiger partial charge in [-0.05, 0) is 74.3 Å². The average Bonchev–Trinajstić information content (AvgIpc) is 2.53. The molecule has 0 aromatic heterocycles. The summed E-state index contributed by atoms with van der Waals surface area (Å²) in [5.41, 5.74) is 6.27. The first kappa shape index (κ1) is 17.9. The summed E-state index contributed by atoms with van der Waals surface area (Å²) in [6.45, 7) is 8.18. The number of hydrogen-bond acceptors (Lipinski definition) is 2. The summed E-state index contributed by atoms with van der Waals surface area (Å²) in [7, 11) is 0. The van der Waals surface area contributed by atoms with Crippen molar-refractivity contribution < 1.29 is 4.79 Å². The summed E-state index contributed by atoms with van der Waals surface area (Å²) in [5, 5.41) is 9.38. The molecule has 0 atom stereocenters. The Kier molecular flexibility index (Phi) is 5.93. The van der Waals surface area contributed by atoms with E-state index in [9.17, 15) is 4.79 Å². The SMILES string of the molecule is Cc1ccc(NC(=S)NCC(=O)Nc2c(C)cccc2C)cc1C. The average molecular weight is 341 g/mol. The highest BCUT2D eigenvalue weighted by Crippen LogP contribution is 2.19. The van der Waals surface area contributed by atoms with Crippen molar-refractivity contribution in [2.24, 2.45) is 0 Å². The number of carbonyl (C=O) groups excluding carboxylic acids is 1. The molecule has 0 saturated carbocycles. The maximum atomic E-state index is 12.1. The number of thiocarbonyl (C=S) groups is 1. The van der Waals surface area contributed by atoms with Gasteiger partial charge in [0.15, 0.2) is 5.11 Å². The minimum Gasteiger partial charge on any atom is -0.353 e. The van der Waals surface area contributed by atoms with Crippen LogP contribution in [0.2, 0.25) is 0 Å². The van der Waals surface area contributed by atoms with Crippen LogP contribution in [0, 0.1) is 27.7 Å². The Hall–Kier alpha value is -2.40. The summed E-state index contributed by atoms with van der Waals surface area (Å²) in [6, 6.07) is 12.0. The van der Waals surface area contributed by atoms with Crippen molar-refractivity contribution in [3.8, 4) is 0 Å². The highest BCUT2D eigenvalue weighted by molar-refractivity contribution is 7.80. The minimum absolute atomic E-state index is 0.116. The first-order chi connectivity index (χ1) is 11.4. The number of benzene rings is 2. The Morgan fingerprint density at radius 1 is 0.917 bits per heavy atom. The Balaban J connectivity index is 1.87. The van der Waals surface area contributed by atoms with Crippen molar-refractivity contribution in [1.82, 2.24) is 5.32 Å². The summed E-state index contributed by atoms with van der Waals surface area (Å²) in [4.78, 5) is 12.1. The zero-order chi connectivity index (χ0) is 17.7. The van der Waals surface area contributed by atoms with Crippen LogP contribution in [0.25, 0.3) is 0 Å². The Morgan fingerprint density at radius 2 is 1.58 bits per heavy atom. The van der Waals surface area contributed by atoms with Gasteiger partial charge in [-0.25, -0.2) is 0 Å². The fourth-order valence-corrected chi connectivity index (χ4v) is 2.54. The normalized spacial score (nSPS) is 10.2. The topological polar surface area (TPSA) is 53.2 Å². The molecule has 0 unspecified atom stereocenters. The maximum Gasteiger partial charge on any atom is 0.243 e. The minimum atomic E-state index is -0.128. The molecule has 0 bridgehead atoms. The van der Waals surface area contributed by atoms with Gasteiger partial charge in [-0.15, -0.1) is 0 Å². The smallest absolute Gasteiger partial charge is 0.243 e. The van der Waals surface area contributed by atoms with E-state index in [1.807, 2.05) is 50.2 Å². The van der Waals surface area contributed by atoms with Gasteiger partial charge in [0, 0.05) is 11.4 Å². The van der Waals surface area contributed by atoms with E-state index in [1.54, 1.807) is 0 Å². The predicted octanol–water partition coefficient (Wildman–Crippen LogP) is 3.85. The summed E-state index contributed by atoms with van der Waals surface area (Å²) in [6.07, 6.45) is 0. The second kappa shape index (κ2) is 7.93. The van der Waals surface area contributed by atoms with E-state index in [2.05, 4.69) is 29.8 Å². The molecule has 126 valence electrons. The van der Waals surface area contributed by atoms with Crippen molar-refractivity contribution in [2.45, 2.75) is 27.7 Å². The number of rotatable bonds is 4. The van der Waals surface area contributed by atoms with E-state index in [-0.39, 0.29) is 12.5 Å². The van der Waals surface area contributed by atoms with Crippen LogP contribution < -0.4 is 16.0 Å². The van der Waals surface area contributed by atoms with Crippen molar-refractivity contribution in [3.63, 3.8) is 0 Å². The lowest BCUT2D eigenvalue weighted by Crippen LogP contribution is -2.35. The third-order valence-corrected chi connectivity index (χ3v) is 4.17. The van der Waals surface area contributed by atoms with Gasteiger partial charge in [-0.3, -0.25) is 4.79 Å². The number of aryl methyl sites for hydroxylation is 4. The Bertz CT molecular complexity index is 751. The highest BCUT2D eigenvalue weighted by atomic mass is 32.1. The quantitative estimate of drug-likeness (QED) is 0.740. The van der Waals surface area contributed by atoms with Crippen molar-refractivity contribution >= 4 is 34.6 Å². The Labute approximate surface area is 148 Å². The molecule has 0 fully saturated rings. The molecule has 0 aliphatic rings. The molecule has 2 aromatic carbocycles. The molecular weight excluding hydrogens is 318 g/mol. The van der Waals surface area contributed by atoms with E-state index in [1.165, 1.54) is 11.1 Å².